The number of benzene rings is 2. The molecular formula is C18H20Cl2N2O3S. The molecule has 1 N–H and O–H groups in total. The van der Waals surface area contributed by atoms with Crippen LogP contribution in [0.3, 0.4) is 0 Å². The third kappa shape index (κ3) is 5.62. The van der Waals surface area contributed by atoms with Gasteiger partial charge >= 0.3 is 0 Å². The quantitative estimate of drug-likeness (QED) is 0.754. The highest BCUT2D eigenvalue weighted by atomic mass is 35.5. The van der Waals surface area contributed by atoms with E-state index in [-0.39, 0.29) is 22.3 Å². The van der Waals surface area contributed by atoms with E-state index in [4.69, 9.17) is 23.2 Å². The van der Waals surface area contributed by atoms with Gasteiger partial charge in [0.25, 0.3) is 0 Å². The number of nitrogens with one attached hydrogen (secondary N) is 1. The summed E-state index contributed by atoms with van der Waals surface area (Å²) in [6.45, 7) is 3.77. The number of carbonyl (C=O) groups is 1. The number of nitrogens with zero attached hydrogens (tertiary/aromatic N) is 1. The standard InChI is InChI=1S/C18H20Cl2N2O3S/c1-12(2)13-4-6-16(7-5-13)21-18(23)11-22(26(3,24)25)17-9-14(19)8-15(20)10-17/h4-10,12H,11H2,1-3H3,(H,21,23). The summed E-state index contributed by atoms with van der Waals surface area (Å²) in [7, 11) is -3.70. The Kier molecular flexibility index (Phi) is 6.55. The van der Waals surface area contributed by atoms with Gasteiger partial charge in [0, 0.05) is 15.7 Å². The van der Waals surface area contributed by atoms with Crippen LogP contribution in [-0.4, -0.2) is 27.1 Å². The van der Waals surface area contributed by atoms with Crippen molar-refractivity contribution in [2.45, 2.75) is 19.8 Å². The largest absolute Gasteiger partial charge is 0.325 e. The molecule has 0 heterocycles. The van der Waals surface area contributed by atoms with Gasteiger partial charge in [0.05, 0.1) is 11.9 Å². The van der Waals surface area contributed by atoms with Crippen molar-refractivity contribution in [1.29, 1.82) is 0 Å². The van der Waals surface area contributed by atoms with Gasteiger partial charge in [-0.1, -0.05) is 49.2 Å². The molecule has 5 nitrogen and oxygen atoms in total. The lowest BCUT2D eigenvalue weighted by Gasteiger charge is -2.22. The van der Waals surface area contributed by atoms with Crippen molar-refractivity contribution >= 4 is 50.5 Å². The molecule has 8 heteroatoms. The molecule has 2 aromatic carbocycles. The number of sulfonamides is 1. The second kappa shape index (κ2) is 8.29. The minimum Gasteiger partial charge on any atom is -0.325 e. The monoisotopic (exact) mass is 414 g/mol. The number of hydrogen-bond donors (Lipinski definition) is 1. The van der Waals surface area contributed by atoms with Gasteiger partial charge in [-0.2, -0.15) is 0 Å². The van der Waals surface area contributed by atoms with Crippen molar-refractivity contribution in [1.82, 2.24) is 0 Å². The molecular weight excluding hydrogens is 395 g/mol. The van der Waals surface area contributed by atoms with E-state index < -0.39 is 15.9 Å². The van der Waals surface area contributed by atoms with Crippen LogP contribution in [0.2, 0.25) is 10.0 Å². The molecule has 140 valence electrons. The topological polar surface area (TPSA) is 66.5 Å². The first-order chi connectivity index (χ1) is 12.1. The number of rotatable bonds is 6. The van der Waals surface area contributed by atoms with Crippen LogP contribution in [0.1, 0.15) is 25.3 Å². The van der Waals surface area contributed by atoms with Crippen molar-refractivity contribution in [3.63, 3.8) is 0 Å². The van der Waals surface area contributed by atoms with Crippen LogP contribution in [0.5, 0.6) is 0 Å². The van der Waals surface area contributed by atoms with Crippen LogP contribution in [0.25, 0.3) is 0 Å². The highest BCUT2D eigenvalue weighted by molar-refractivity contribution is 7.92. The Morgan fingerprint density at radius 1 is 1.08 bits per heavy atom. The van der Waals surface area contributed by atoms with Crippen molar-refractivity contribution in [2.24, 2.45) is 0 Å². The molecule has 26 heavy (non-hydrogen) atoms. The zero-order valence-corrected chi connectivity index (χ0v) is 17.0. The van der Waals surface area contributed by atoms with Gasteiger partial charge in [-0.15, -0.1) is 0 Å². The van der Waals surface area contributed by atoms with E-state index in [9.17, 15) is 13.2 Å². The summed E-state index contributed by atoms with van der Waals surface area (Å²) in [5.41, 5.74) is 1.97. The molecule has 2 rings (SSSR count). The first kappa shape index (κ1) is 20.6. The van der Waals surface area contributed by atoms with E-state index in [0.717, 1.165) is 16.1 Å². The van der Waals surface area contributed by atoms with E-state index in [0.29, 0.717) is 11.6 Å². The van der Waals surface area contributed by atoms with Crippen molar-refractivity contribution < 1.29 is 13.2 Å². The average Bonchev–Trinajstić information content (AvgIpc) is 2.51. The van der Waals surface area contributed by atoms with Gasteiger partial charge in [0.2, 0.25) is 15.9 Å². The molecule has 0 spiro atoms. The molecule has 0 saturated carbocycles. The number of anilines is 2. The summed E-state index contributed by atoms with van der Waals surface area (Å²) in [5.74, 6) is -0.0862. The maximum Gasteiger partial charge on any atom is 0.245 e. The first-order valence-electron chi connectivity index (χ1n) is 7.90. The minimum absolute atomic E-state index is 0.232. The molecule has 0 aliphatic carbocycles. The predicted molar refractivity (Wildman–Crippen MR) is 108 cm³/mol. The number of carbonyl (C=O) groups excluding carboxylic acids is 1. The van der Waals surface area contributed by atoms with Crippen LogP contribution in [0, 0.1) is 0 Å². The smallest absolute Gasteiger partial charge is 0.245 e. The maximum atomic E-state index is 12.3. The Hall–Kier alpha value is -1.76. The fourth-order valence-corrected chi connectivity index (χ4v) is 3.72. The Morgan fingerprint density at radius 3 is 2.08 bits per heavy atom. The number of amides is 1. The predicted octanol–water partition coefficient (Wildman–Crippen LogP) is 4.52. The van der Waals surface area contributed by atoms with Gasteiger partial charge in [-0.05, 0) is 41.8 Å². The summed E-state index contributed by atoms with van der Waals surface area (Å²) in [5, 5.41) is 3.26. The lowest BCUT2D eigenvalue weighted by Crippen LogP contribution is -2.37. The van der Waals surface area contributed by atoms with Gasteiger partial charge in [0.1, 0.15) is 6.54 Å². The maximum absolute atomic E-state index is 12.3. The molecule has 0 aromatic heterocycles. The third-order valence-corrected chi connectivity index (χ3v) is 5.26. The highest BCUT2D eigenvalue weighted by Crippen LogP contribution is 2.27. The number of halogens is 2. The Morgan fingerprint density at radius 2 is 1.62 bits per heavy atom. The normalized spacial score (nSPS) is 11.5. The average molecular weight is 415 g/mol. The van der Waals surface area contributed by atoms with Crippen LogP contribution >= 0.6 is 23.2 Å². The summed E-state index contributed by atoms with van der Waals surface area (Å²) in [4.78, 5) is 12.3. The van der Waals surface area contributed by atoms with Crippen LogP contribution in [-0.2, 0) is 14.8 Å². The molecule has 0 saturated heterocycles. The zero-order chi connectivity index (χ0) is 19.5. The second-order valence-corrected chi connectivity index (χ2v) is 9.00. The summed E-state index contributed by atoms with van der Waals surface area (Å²) >= 11 is 11.9. The van der Waals surface area contributed by atoms with Gasteiger partial charge in [-0.25, -0.2) is 8.42 Å². The molecule has 0 atom stereocenters. The SMILES string of the molecule is CC(C)c1ccc(NC(=O)CN(c2cc(Cl)cc(Cl)c2)S(C)(=O)=O)cc1. The van der Waals surface area contributed by atoms with E-state index in [1.807, 2.05) is 12.1 Å². The Bertz CT molecular complexity index is 877. The lowest BCUT2D eigenvalue weighted by molar-refractivity contribution is -0.114. The molecule has 0 unspecified atom stereocenters. The van der Waals surface area contributed by atoms with E-state index >= 15 is 0 Å². The molecule has 1 amide bonds. The van der Waals surface area contributed by atoms with Gasteiger partial charge in [-0.3, -0.25) is 9.10 Å². The Balaban J connectivity index is 2.19. The molecule has 0 aliphatic rings. The summed E-state index contributed by atoms with van der Waals surface area (Å²) in [6.07, 6.45) is 1.02. The van der Waals surface area contributed by atoms with Crippen molar-refractivity contribution in [3.05, 3.63) is 58.1 Å². The molecule has 2 aromatic rings. The van der Waals surface area contributed by atoms with E-state index in [2.05, 4.69) is 19.2 Å². The van der Waals surface area contributed by atoms with E-state index in [1.165, 1.54) is 18.2 Å². The van der Waals surface area contributed by atoms with Gasteiger partial charge < -0.3 is 5.32 Å². The summed E-state index contributed by atoms with van der Waals surface area (Å²) in [6, 6.07) is 11.8. The van der Waals surface area contributed by atoms with Crippen LogP contribution in [0.15, 0.2) is 42.5 Å². The zero-order valence-electron chi connectivity index (χ0n) is 14.7. The summed E-state index contributed by atoms with van der Waals surface area (Å²) < 4.78 is 25.2. The highest BCUT2D eigenvalue weighted by Gasteiger charge is 2.21. The van der Waals surface area contributed by atoms with Crippen molar-refractivity contribution in [3.8, 4) is 0 Å². The third-order valence-electron chi connectivity index (χ3n) is 3.68. The van der Waals surface area contributed by atoms with Gasteiger partial charge in [0.15, 0.2) is 0 Å². The van der Waals surface area contributed by atoms with E-state index in [1.54, 1.807) is 12.1 Å². The molecule has 0 bridgehead atoms. The molecule has 0 fully saturated rings. The molecule has 0 aliphatic heterocycles. The van der Waals surface area contributed by atoms with Crippen LogP contribution in [0.4, 0.5) is 11.4 Å². The fraction of sp³-hybridized carbons (Fsp3) is 0.278. The first-order valence-corrected chi connectivity index (χ1v) is 10.5. The number of hydrogen-bond acceptors (Lipinski definition) is 3. The second-order valence-electron chi connectivity index (χ2n) is 6.22. The van der Waals surface area contributed by atoms with Crippen LogP contribution < -0.4 is 9.62 Å². The van der Waals surface area contributed by atoms with Crippen molar-refractivity contribution in [2.75, 3.05) is 22.4 Å². The lowest BCUT2D eigenvalue weighted by atomic mass is 10.0. The Labute approximate surface area is 164 Å². The molecule has 0 radical (unpaired) electrons. The minimum atomic E-state index is -3.70. The fourth-order valence-electron chi connectivity index (χ4n) is 2.37.